The van der Waals surface area contributed by atoms with Crippen molar-refractivity contribution in [2.24, 2.45) is 5.92 Å². The van der Waals surface area contributed by atoms with Gasteiger partial charge in [-0.25, -0.2) is 9.13 Å². The van der Waals surface area contributed by atoms with E-state index >= 15 is 0 Å². The summed E-state index contributed by atoms with van der Waals surface area (Å²) < 4.78 is 67.6. The Morgan fingerprint density at radius 2 is 0.608 bits per heavy atom. The molecular formula is C60H116O17P2. The minimum absolute atomic E-state index is 0.105. The SMILES string of the molecule is CCCCCCCCCCCCC(=O)OC[C@H](COP(=O)(O)OC[C@@H](O)COP(=O)(O)OC[C@@H](COC(=O)CCCCCCC)OC(=O)CCCCCCCCCCCC)OC(=O)CCCCCCCCCCCCC(C)CC. The molecule has 468 valence electrons. The van der Waals surface area contributed by atoms with E-state index in [0.29, 0.717) is 25.7 Å². The van der Waals surface area contributed by atoms with E-state index in [1.165, 1.54) is 116 Å². The van der Waals surface area contributed by atoms with Crippen LogP contribution in [0.4, 0.5) is 0 Å². The molecule has 0 aliphatic carbocycles. The monoisotopic (exact) mass is 1170 g/mol. The van der Waals surface area contributed by atoms with Crippen LogP contribution in [0.15, 0.2) is 0 Å². The van der Waals surface area contributed by atoms with Gasteiger partial charge in [-0.15, -0.1) is 0 Å². The number of aliphatic hydroxyl groups is 1. The predicted octanol–water partition coefficient (Wildman–Crippen LogP) is 16.2. The zero-order valence-electron chi connectivity index (χ0n) is 50.5. The van der Waals surface area contributed by atoms with Crippen LogP contribution in [0.25, 0.3) is 0 Å². The van der Waals surface area contributed by atoms with Crippen LogP contribution < -0.4 is 0 Å². The summed E-state index contributed by atoms with van der Waals surface area (Å²) in [5.41, 5.74) is 0. The molecule has 0 aliphatic heterocycles. The zero-order valence-corrected chi connectivity index (χ0v) is 52.3. The molecule has 0 heterocycles. The molecule has 0 spiro atoms. The number of phosphoric acid groups is 2. The van der Waals surface area contributed by atoms with Crippen molar-refractivity contribution in [2.75, 3.05) is 39.6 Å². The molecule has 0 amide bonds. The molecule has 0 aromatic rings. The summed E-state index contributed by atoms with van der Waals surface area (Å²) in [6, 6.07) is 0. The predicted molar refractivity (Wildman–Crippen MR) is 312 cm³/mol. The van der Waals surface area contributed by atoms with Crippen LogP contribution in [0.3, 0.4) is 0 Å². The minimum Gasteiger partial charge on any atom is -0.462 e. The third-order valence-electron chi connectivity index (χ3n) is 14.1. The molecule has 0 rings (SSSR count). The maximum atomic E-state index is 12.9. The van der Waals surface area contributed by atoms with Crippen LogP contribution in [0.2, 0.25) is 0 Å². The summed E-state index contributed by atoms with van der Waals surface area (Å²) in [7, 11) is -9.87. The Labute approximate surface area is 479 Å². The highest BCUT2D eigenvalue weighted by atomic mass is 31.2. The highest BCUT2D eigenvalue weighted by Gasteiger charge is 2.30. The molecule has 19 heteroatoms. The molecule has 0 aromatic carbocycles. The number of phosphoric ester groups is 2. The summed E-state index contributed by atoms with van der Waals surface area (Å²) in [6.07, 6.45) is 36.4. The Hall–Kier alpha value is -1.94. The first-order valence-corrected chi connectivity index (χ1v) is 34.7. The number of aliphatic hydroxyl groups excluding tert-OH is 1. The van der Waals surface area contributed by atoms with Crippen molar-refractivity contribution in [1.82, 2.24) is 0 Å². The third-order valence-corrected chi connectivity index (χ3v) is 16.0. The molecule has 0 bridgehead atoms. The molecule has 3 N–H and O–H groups in total. The summed E-state index contributed by atoms with van der Waals surface area (Å²) in [6.45, 7) is 7.09. The van der Waals surface area contributed by atoms with E-state index in [4.69, 9.17) is 37.0 Å². The number of rotatable bonds is 60. The molecule has 79 heavy (non-hydrogen) atoms. The van der Waals surface area contributed by atoms with Gasteiger partial charge < -0.3 is 33.8 Å². The van der Waals surface area contributed by atoms with Crippen LogP contribution in [-0.2, 0) is 65.4 Å². The zero-order chi connectivity index (χ0) is 58.5. The van der Waals surface area contributed by atoms with E-state index in [1.807, 2.05) is 0 Å². The van der Waals surface area contributed by atoms with Crippen molar-refractivity contribution in [1.29, 1.82) is 0 Å². The quantitative estimate of drug-likeness (QED) is 0.0222. The molecule has 6 atom stereocenters. The molecule has 0 fully saturated rings. The maximum absolute atomic E-state index is 12.9. The summed E-state index contributed by atoms with van der Waals surface area (Å²) in [4.78, 5) is 71.7. The number of carbonyl (C=O) groups is 4. The normalized spacial score (nSPS) is 14.7. The van der Waals surface area contributed by atoms with Gasteiger partial charge in [0.05, 0.1) is 26.4 Å². The molecule has 0 saturated carbocycles. The van der Waals surface area contributed by atoms with Crippen molar-refractivity contribution in [3.63, 3.8) is 0 Å². The van der Waals surface area contributed by atoms with Crippen molar-refractivity contribution in [2.45, 2.75) is 316 Å². The smallest absolute Gasteiger partial charge is 0.462 e. The van der Waals surface area contributed by atoms with E-state index in [1.54, 1.807) is 0 Å². The van der Waals surface area contributed by atoms with Gasteiger partial charge in [-0.3, -0.25) is 37.3 Å². The van der Waals surface area contributed by atoms with E-state index < -0.39 is 97.5 Å². The number of unbranched alkanes of at least 4 members (excludes halogenated alkanes) is 31. The lowest BCUT2D eigenvalue weighted by atomic mass is 9.99. The van der Waals surface area contributed by atoms with Crippen LogP contribution >= 0.6 is 15.6 Å². The van der Waals surface area contributed by atoms with Crippen LogP contribution in [0, 0.1) is 5.92 Å². The number of ether oxygens (including phenoxy) is 4. The first-order valence-electron chi connectivity index (χ1n) is 31.7. The van der Waals surface area contributed by atoms with Gasteiger partial charge in [-0.2, -0.15) is 0 Å². The van der Waals surface area contributed by atoms with Gasteiger partial charge in [0.2, 0.25) is 0 Å². The van der Waals surface area contributed by atoms with Crippen molar-refractivity contribution < 1.29 is 80.2 Å². The lowest BCUT2D eigenvalue weighted by Gasteiger charge is -2.21. The summed E-state index contributed by atoms with van der Waals surface area (Å²) >= 11 is 0. The fraction of sp³-hybridized carbons (Fsp3) is 0.933. The molecule has 3 unspecified atom stereocenters. The van der Waals surface area contributed by atoms with Gasteiger partial charge in [-0.1, -0.05) is 247 Å². The maximum Gasteiger partial charge on any atom is 0.472 e. The van der Waals surface area contributed by atoms with Gasteiger partial charge in [-0.05, 0) is 31.6 Å². The van der Waals surface area contributed by atoms with Gasteiger partial charge in [0.25, 0.3) is 0 Å². The fourth-order valence-corrected chi connectivity index (χ4v) is 10.4. The fourth-order valence-electron chi connectivity index (χ4n) is 8.84. The first kappa shape index (κ1) is 77.1. The van der Waals surface area contributed by atoms with E-state index in [0.717, 1.165) is 102 Å². The summed E-state index contributed by atoms with van der Waals surface area (Å²) in [5, 5.41) is 10.5. The third kappa shape index (κ3) is 53.8. The van der Waals surface area contributed by atoms with Crippen molar-refractivity contribution >= 4 is 39.5 Å². The number of hydrogen-bond acceptors (Lipinski definition) is 15. The van der Waals surface area contributed by atoms with E-state index in [2.05, 4.69) is 34.6 Å². The Morgan fingerprint density at radius 1 is 0.354 bits per heavy atom. The number of carbonyl (C=O) groups excluding carboxylic acids is 4. The number of hydrogen-bond donors (Lipinski definition) is 3. The second-order valence-corrected chi connectivity index (χ2v) is 24.9. The highest BCUT2D eigenvalue weighted by Crippen LogP contribution is 2.45. The molecule has 0 radical (unpaired) electrons. The Morgan fingerprint density at radius 3 is 0.899 bits per heavy atom. The van der Waals surface area contributed by atoms with Gasteiger partial charge in [0.1, 0.15) is 19.3 Å². The minimum atomic E-state index is -4.94. The largest absolute Gasteiger partial charge is 0.472 e. The lowest BCUT2D eigenvalue weighted by molar-refractivity contribution is -0.161. The molecule has 0 saturated heterocycles. The van der Waals surface area contributed by atoms with Crippen molar-refractivity contribution in [3.05, 3.63) is 0 Å². The molecule has 0 aliphatic rings. The second-order valence-electron chi connectivity index (χ2n) is 22.0. The first-order chi connectivity index (χ1) is 38.1. The number of esters is 4. The summed E-state index contributed by atoms with van der Waals surface area (Å²) in [5.74, 6) is -1.35. The standard InChI is InChI=1S/C60H116O17P2/c1-6-10-13-16-18-20-25-29-34-39-44-58(63)71-50-56(77-60(65)46-41-36-31-27-23-22-24-28-33-37-42-53(5)9-4)52-75-79(68,69)73-48-54(61)47-72-78(66,67)74-51-55(49-70-57(62)43-38-32-15-12-8-3)76-59(64)45-40-35-30-26-21-19-17-14-11-7-2/h53-56,61H,6-52H2,1-5H3,(H,66,67)(H,68,69)/t53?,54-,55+,56+/m0/s1. The lowest BCUT2D eigenvalue weighted by Crippen LogP contribution is -2.30. The Balaban J connectivity index is 5.18. The molecular weight excluding hydrogens is 1050 g/mol. The molecule has 0 aromatic heterocycles. The highest BCUT2D eigenvalue weighted by molar-refractivity contribution is 7.47. The topological polar surface area (TPSA) is 237 Å². The molecule has 17 nitrogen and oxygen atoms in total. The van der Waals surface area contributed by atoms with Crippen LogP contribution in [-0.4, -0.2) is 96.7 Å². The van der Waals surface area contributed by atoms with Crippen LogP contribution in [0.5, 0.6) is 0 Å². The Bertz CT molecular complexity index is 1550. The van der Waals surface area contributed by atoms with Crippen molar-refractivity contribution in [3.8, 4) is 0 Å². The average Bonchev–Trinajstić information content (AvgIpc) is 3.42. The van der Waals surface area contributed by atoms with Gasteiger partial charge >= 0.3 is 39.5 Å². The van der Waals surface area contributed by atoms with E-state index in [-0.39, 0.29) is 25.7 Å². The van der Waals surface area contributed by atoms with Crippen LogP contribution in [0.1, 0.15) is 298 Å². The Kier molecular flexibility index (Phi) is 52.7. The average molecular weight is 1170 g/mol. The second kappa shape index (κ2) is 54.0. The van der Waals surface area contributed by atoms with E-state index in [9.17, 15) is 43.2 Å². The van der Waals surface area contributed by atoms with Gasteiger partial charge in [0.15, 0.2) is 12.2 Å². The van der Waals surface area contributed by atoms with Gasteiger partial charge in [0, 0.05) is 25.7 Å².